The predicted molar refractivity (Wildman–Crippen MR) is 48.3 cm³/mol. The fourth-order valence-corrected chi connectivity index (χ4v) is 0.507. The number of aliphatic carboxylic acids is 1. The third-order valence-electron chi connectivity index (χ3n) is 0.975. The van der Waals surface area contributed by atoms with Crippen LogP contribution in [0.1, 0.15) is 12.6 Å². The summed E-state index contributed by atoms with van der Waals surface area (Å²) < 4.78 is 0. The highest BCUT2D eigenvalue weighted by Crippen LogP contribution is 1.80. The second-order valence-electron chi connectivity index (χ2n) is 2.21. The van der Waals surface area contributed by atoms with E-state index in [9.17, 15) is 4.79 Å². The van der Waals surface area contributed by atoms with E-state index >= 15 is 0 Å². The maximum atomic E-state index is 10.8. The van der Waals surface area contributed by atoms with E-state index in [1.165, 1.54) is 0 Å². The summed E-state index contributed by atoms with van der Waals surface area (Å²) in [5, 5.41) is 14.3. The summed E-state index contributed by atoms with van der Waals surface area (Å²) in [6, 6.07) is 0. The summed E-state index contributed by atoms with van der Waals surface area (Å²) in [7, 11) is 0. The Morgan fingerprint density at radius 1 is 1.57 bits per heavy atom. The van der Waals surface area contributed by atoms with E-state index in [-0.39, 0.29) is 23.7 Å². The first-order valence-corrected chi connectivity index (χ1v) is 3.58. The number of hydrogen-bond donors (Lipinski definition) is 4. The third kappa shape index (κ3) is 4.83. The zero-order valence-corrected chi connectivity index (χ0v) is 7.52. The smallest absolute Gasteiger partial charge is 0.300 e. The molecule has 0 unspecified atom stereocenters. The Balaban J connectivity index is 0.000000364. The summed E-state index contributed by atoms with van der Waals surface area (Å²) in [6.07, 6.45) is 0. The number of nitrogens with one attached hydrogen (secondary N) is 1. The van der Waals surface area contributed by atoms with Crippen LogP contribution < -0.4 is 17.0 Å². The van der Waals surface area contributed by atoms with Crippen LogP contribution in [0.2, 0.25) is 0 Å². The highest BCUT2D eigenvalue weighted by molar-refractivity contribution is 5.62. The molecule has 0 spiro atoms. The molecule has 0 saturated heterocycles. The van der Waals surface area contributed by atoms with Crippen molar-refractivity contribution in [2.24, 2.45) is 5.73 Å². The summed E-state index contributed by atoms with van der Waals surface area (Å²) in [6.45, 7) is 1.16. The zero-order valence-electron chi connectivity index (χ0n) is 7.52. The lowest BCUT2D eigenvalue weighted by atomic mass is 10.5. The van der Waals surface area contributed by atoms with Gasteiger partial charge in [0.25, 0.3) is 11.5 Å². The molecular weight excluding hydrogens is 190 g/mol. The second-order valence-corrected chi connectivity index (χ2v) is 2.21. The van der Waals surface area contributed by atoms with Crippen LogP contribution >= 0.6 is 0 Å². The lowest BCUT2D eigenvalue weighted by molar-refractivity contribution is -0.134. The van der Waals surface area contributed by atoms with E-state index in [4.69, 9.17) is 21.4 Å². The van der Waals surface area contributed by atoms with Crippen molar-refractivity contribution in [3.63, 3.8) is 0 Å². The van der Waals surface area contributed by atoms with Crippen LogP contribution in [0.25, 0.3) is 0 Å². The van der Waals surface area contributed by atoms with Crippen molar-refractivity contribution in [3.05, 3.63) is 16.0 Å². The fraction of sp³-hybridized carbons (Fsp3) is 0.333. The summed E-state index contributed by atoms with van der Waals surface area (Å²) in [4.78, 5) is 22.0. The van der Waals surface area contributed by atoms with Crippen LogP contribution in [-0.2, 0) is 11.3 Å². The molecular formula is C6H11N5O3. The Kier molecular flexibility index (Phi) is 4.86. The Morgan fingerprint density at radius 3 is 2.43 bits per heavy atom. The number of carboxylic acid groups (broad SMARTS) is 1. The molecule has 14 heavy (non-hydrogen) atoms. The van der Waals surface area contributed by atoms with Gasteiger partial charge in [-0.05, 0) is 0 Å². The van der Waals surface area contributed by atoms with Gasteiger partial charge < -0.3 is 16.6 Å². The standard InChI is InChI=1S/C4H7N5O.C2H4O2/c5-1-2-3(10)7-4(6)9-8-2;1-2(3)4/h1,5H2,(H3,6,7,9,10);1H3,(H,3,4). The number of carbonyl (C=O) groups is 1. The van der Waals surface area contributed by atoms with Crippen LogP contribution in [0.15, 0.2) is 4.79 Å². The van der Waals surface area contributed by atoms with Gasteiger partial charge in [0, 0.05) is 13.5 Å². The van der Waals surface area contributed by atoms with Gasteiger partial charge in [-0.25, -0.2) is 0 Å². The first-order chi connectivity index (χ1) is 6.47. The van der Waals surface area contributed by atoms with E-state index in [2.05, 4.69) is 15.2 Å². The number of hydrogen-bond acceptors (Lipinski definition) is 6. The Bertz CT molecular complexity index is 357. The summed E-state index contributed by atoms with van der Waals surface area (Å²) in [5.41, 5.74) is 10.1. The lowest BCUT2D eigenvalue weighted by Gasteiger charge is -1.92. The number of aromatic amines is 1. The van der Waals surface area contributed by atoms with E-state index in [0.29, 0.717) is 0 Å². The first-order valence-electron chi connectivity index (χ1n) is 3.58. The molecule has 6 N–H and O–H groups in total. The van der Waals surface area contributed by atoms with Gasteiger partial charge in [0.15, 0.2) is 0 Å². The number of nitrogens with two attached hydrogens (primary N) is 2. The summed E-state index contributed by atoms with van der Waals surface area (Å²) in [5.74, 6) is -0.831. The van der Waals surface area contributed by atoms with Crippen molar-refractivity contribution in [3.8, 4) is 0 Å². The summed E-state index contributed by atoms with van der Waals surface area (Å²) >= 11 is 0. The molecule has 0 atom stereocenters. The topological polar surface area (TPSA) is 148 Å². The highest BCUT2D eigenvalue weighted by Gasteiger charge is 1.97. The van der Waals surface area contributed by atoms with Crippen LogP contribution in [0, 0.1) is 0 Å². The normalized spacial score (nSPS) is 8.71. The highest BCUT2D eigenvalue weighted by atomic mass is 16.4. The average molecular weight is 201 g/mol. The number of H-pyrrole nitrogens is 1. The number of carboxylic acids is 1. The molecule has 8 heteroatoms. The van der Waals surface area contributed by atoms with Gasteiger partial charge in [-0.15, -0.1) is 10.2 Å². The van der Waals surface area contributed by atoms with Gasteiger partial charge in [0.05, 0.1) is 0 Å². The van der Waals surface area contributed by atoms with Gasteiger partial charge in [0.2, 0.25) is 5.95 Å². The molecule has 1 rings (SSSR count). The van der Waals surface area contributed by atoms with Gasteiger partial charge in [-0.1, -0.05) is 0 Å². The molecule has 1 aromatic rings. The molecule has 0 aliphatic heterocycles. The average Bonchev–Trinajstić information content (AvgIpc) is 2.03. The second kappa shape index (κ2) is 5.65. The number of anilines is 1. The van der Waals surface area contributed by atoms with E-state index in [1.807, 2.05) is 0 Å². The van der Waals surface area contributed by atoms with Gasteiger partial charge in [0.1, 0.15) is 5.69 Å². The third-order valence-corrected chi connectivity index (χ3v) is 0.975. The minimum atomic E-state index is -0.833. The maximum Gasteiger partial charge on any atom is 0.300 e. The zero-order chi connectivity index (χ0) is 11.1. The molecule has 0 radical (unpaired) electrons. The largest absolute Gasteiger partial charge is 0.481 e. The Morgan fingerprint density at radius 2 is 2.07 bits per heavy atom. The van der Waals surface area contributed by atoms with E-state index in [0.717, 1.165) is 6.92 Å². The lowest BCUT2D eigenvalue weighted by Crippen LogP contribution is -2.20. The monoisotopic (exact) mass is 201 g/mol. The minimum Gasteiger partial charge on any atom is -0.481 e. The molecule has 0 fully saturated rings. The van der Waals surface area contributed by atoms with Gasteiger partial charge in [-0.3, -0.25) is 14.6 Å². The molecule has 1 heterocycles. The van der Waals surface area contributed by atoms with Crippen molar-refractivity contribution in [2.45, 2.75) is 13.5 Å². The first kappa shape index (κ1) is 12.0. The van der Waals surface area contributed by atoms with Crippen molar-refractivity contribution >= 4 is 11.9 Å². The van der Waals surface area contributed by atoms with Crippen molar-refractivity contribution in [1.29, 1.82) is 0 Å². The Labute approximate surface area is 79.0 Å². The number of nitrogens with zero attached hydrogens (tertiary/aromatic N) is 2. The SMILES string of the molecule is CC(=O)O.NCc1nnc(N)[nH]c1=O. The van der Waals surface area contributed by atoms with Crippen LogP contribution in [0.3, 0.4) is 0 Å². The van der Waals surface area contributed by atoms with Crippen molar-refractivity contribution < 1.29 is 9.90 Å². The molecule has 0 saturated carbocycles. The molecule has 0 aromatic carbocycles. The predicted octanol–water partition coefficient (Wildman–Crippen LogP) is -1.70. The fourth-order valence-electron chi connectivity index (χ4n) is 0.507. The van der Waals surface area contributed by atoms with Crippen molar-refractivity contribution in [2.75, 3.05) is 5.73 Å². The molecule has 8 nitrogen and oxygen atoms in total. The molecule has 0 bridgehead atoms. The van der Waals surface area contributed by atoms with E-state index in [1.54, 1.807) is 0 Å². The van der Waals surface area contributed by atoms with Gasteiger partial charge >= 0.3 is 0 Å². The molecule has 0 amide bonds. The molecule has 0 aliphatic rings. The number of nitrogen functional groups attached to an aromatic ring is 1. The van der Waals surface area contributed by atoms with Crippen LogP contribution in [0.5, 0.6) is 0 Å². The van der Waals surface area contributed by atoms with Crippen LogP contribution in [-0.4, -0.2) is 26.3 Å². The number of aromatic nitrogens is 3. The van der Waals surface area contributed by atoms with Crippen LogP contribution in [0.4, 0.5) is 5.95 Å². The van der Waals surface area contributed by atoms with E-state index < -0.39 is 5.97 Å². The minimum absolute atomic E-state index is 0.00204. The molecule has 0 aliphatic carbocycles. The molecule has 78 valence electrons. The quantitative estimate of drug-likeness (QED) is 0.423. The van der Waals surface area contributed by atoms with Crippen molar-refractivity contribution in [1.82, 2.24) is 15.2 Å². The number of rotatable bonds is 1. The molecule has 1 aromatic heterocycles. The van der Waals surface area contributed by atoms with Gasteiger partial charge in [-0.2, -0.15) is 0 Å². The maximum absolute atomic E-state index is 10.8. The Hall–Kier alpha value is -1.96.